The lowest BCUT2D eigenvalue weighted by molar-refractivity contribution is 0.107. The number of benzene rings is 2. The maximum atomic E-state index is 12.2. The first-order valence-corrected chi connectivity index (χ1v) is 8.76. The highest BCUT2D eigenvalue weighted by Gasteiger charge is 2.17. The van der Waals surface area contributed by atoms with Crippen LogP contribution in [0.5, 0.6) is 0 Å². The Bertz CT molecular complexity index is 699. The van der Waals surface area contributed by atoms with Crippen LogP contribution in [0.25, 0.3) is 0 Å². The van der Waals surface area contributed by atoms with E-state index in [4.69, 9.17) is 4.74 Å². The molecule has 0 aliphatic rings. The highest BCUT2D eigenvalue weighted by molar-refractivity contribution is 7.88. The molecular weight excluding hydrogens is 298 g/mol. The molecule has 0 aliphatic heterocycles. The molecule has 2 rings (SSSR count). The van der Waals surface area contributed by atoms with Gasteiger partial charge in [-0.25, -0.2) is 13.1 Å². The summed E-state index contributed by atoms with van der Waals surface area (Å²) in [6.07, 6.45) is -0.299. The van der Waals surface area contributed by atoms with Gasteiger partial charge in [-0.05, 0) is 23.6 Å². The summed E-state index contributed by atoms with van der Waals surface area (Å²) in [6.45, 7) is 2.20. The van der Waals surface area contributed by atoms with Crippen molar-refractivity contribution in [3.63, 3.8) is 0 Å². The van der Waals surface area contributed by atoms with Crippen LogP contribution in [0.15, 0.2) is 54.6 Å². The van der Waals surface area contributed by atoms with Crippen molar-refractivity contribution >= 4 is 10.0 Å². The Kier molecular flexibility index (Phi) is 5.71. The third kappa shape index (κ3) is 4.66. The molecule has 0 bridgehead atoms. The molecular formula is C17H21NO3S. The fourth-order valence-corrected chi connectivity index (χ4v) is 3.45. The van der Waals surface area contributed by atoms with Crippen molar-refractivity contribution in [2.45, 2.75) is 18.8 Å². The molecule has 2 aromatic carbocycles. The number of aryl methyl sites for hydroxylation is 1. The summed E-state index contributed by atoms with van der Waals surface area (Å²) in [5.74, 6) is -0.0297. The lowest BCUT2D eigenvalue weighted by Gasteiger charge is -2.18. The largest absolute Gasteiger partial charge is 0.375 e. The molecule has 2 aromatic rings. The number of nitrogens with one attached hydrogen (secondary N) is 1. The zero-order valence-corrected chi connectivity index (χ0v) is 13.6. The second kappa shape index (κ2) is 7.54. The van der Waals surface area contributed by atoms with Crippen LogP contribution in [0.2, 0.25) is 0 Å². The van der Waals surface area contributed by atoms with Crippen LogP contribution >= 0.6 is 0 Å². The van der Waals surface area contributed by atoms with Crippen molar-refractivity contribution in [1.82, 2.24) is 4.72 Å². The van der Waals surface area contributed by atoms with Gasteiger partial charge in [0.2, 0.25) is 10.0 Å². The number of hydrogen-bond donors (Lipinski definition) is 1. The summed E-state index contributed by atoms with van der Waals surface area (Å²) in [5.41, 5.74) is 2.84. The van der Waals surface area contributed by atoms with E-state index in [9.17, 15) is 8.42 Å². The molecule has 4 nitrogen and oxygen atoms in total. The Morgan fingerprint density at radius 2 is 1.68 bits per heavy atom. The molecule has 0 saturated carbocycles. The fraction of sp³-hybridized carbons (Fsp3) is 0.294. The van der Waals surface area contributed by atoms with Crippen LogP contribution in [0.1, 0.15) is 22.8 Å². The molecule has 0 unspecified atom stereocenters. The highest BCUT2D eigenvalue weighted by Crippen LogP contribution is 2.20. The van der Waals surface area contributed by atoms with E-state index in [1.54, 1.807) is 19.2 Å². The minimum atomic E-state index is -3.39. The third-order valence-electron chi connectivity index (χ3n) is 3.51. The number of rotatable bonds is 7. The van der Waals surface area contributed by atoms with Gasteiger partial charge >= 0.3 is 0 Å². The first-order chi connectivity index (χ1) is 10.5. The van der Waals surface area contributed by atoms with E-state index in [-0.39, 0.29) is 18.4 Å². The molecule has 0 spiro atoms. The van der Waals surface area contributed by atoms with Gasteiger partial charge in [0, 0.05) is 13.7 Å². The van der Waals surface area contributed by atoms with E-state index in [0.717, 1.165) is 16.7 Å². The van der Waals surface area contributed by atoms with Crippen molar-refractivity contribution in [2.24, 2.45) is 0 Å². The van der Waals surface area contributed by atoms with Crippen LogP contribution in [-0.2, 0) is 20.5 Å². The molecule has 0 aromatic heterocycles. The standard InChI is InChI=1S/C17H21NO3S/c1-14-8-6-7-11-16(14)17(21-2)12-18-22(19,20)13-15-9-4-3-5-10-15/h3-11,17-18H,12-13H2,1-2H3/t17-/m1/s1. The second-order valence-electron chi connectivity index (χ2n) is 5.17. The van der Waals surface area contributed by atoms with E-state index in [1.807, 2.05) is 49.4 Å². The van der Waals surface area contributed by atoms with Gasteiger partial charge < -0.3 is 4.74 Å². The summed E-state index contributed by atoms with van der Waals surface area (Å²) in [7, 11) is -1.80. The van der Waals surface area contributed by atoms with E-state index in [0.29, 0.717) is 0 Å². The van der Waals surface area contributed by atoms with Crippen molar-refractivity contribution in [2.75, 3.05) is 13.7 Å². The molecule has 5 heteroatoms. The smallest absolute Gasteiger partial charge is 0.215 e. The van der Waals surface area contributed by atoms with E-state index >= 15 is 0 Å². The van der Waals surface area contributed by atoms with E-state index in [1.165, 1.54) is 0 Å². The summed E-state index contributed by atoms with van der Waals surface area (Å²) in [5, 5.41) is 0. The highest BCUT2D eigenvalue weighted by atomic mass is 32.2. The van der Waals surface area contributed by atoms with Gasteiger partial charge in [-0.2, -0.15) is 0 Å². The van der Waals surface area contributed by atoms with Crippen molar-refractivity contribution in [3.8, 4) is 0 Å². The molecule has 22 heavy (non-hydrogen) atoms. The Labute approximate surface area is 132 Å². The Morgan fingerprint density at radius 1 is 1.05 bits per heavy atom. The number of ether oxygens (including phenoxy) is 1. The molecule has 1 atom stereocenters. The average Bonchev–Trinajstić information content (AvgIpc) is 2.50. The van der Waals surface area contributed by atoms with Crippen molar-refractivity contribution < 1.29 is 13.2 Å². The lowest BCUT2D eigenvalue weighted by atomic mass is 10.0. The maximum Gasteiger partial charge on any atom is 0.215 e. The molecule has 0 radical (unpaired) electrons. The van der Waals surface area contributed by atoms with Crippen LogP contribution in [0, 0.1) is 6.92 Å². The fourth-order valence-electron chi connectivity index (χ4n) is 2.32. The SMILES string of the molecule is CO[C@H](CNS(=O)(=O)Cc1ccccc1)c1ccccc1C. The summed E-state index contributed by atoms with van der Waals surface area (Å²) in [4.78, 5) is 0. The molecule has 1 N–H and O–H groups in total. The molecule has 0 fully saturated rings. The van der Waals surface area contributed by atoms with Crippen LogP contribution in [-0.4, -0.2) is 22.1 Å². The summed E-state index contributed by atoms with van der Waals surface area (Å²) < 4.78 is 32.4. The van der Waals surface area contributed by atoms with Gasteiger partial charge in [0.25, 0.3) is 0 Å². The Morgan fingerprint density at radius 3 is 2.32 bits per heavy atom. The van der Waals surface area contributed by atoms with Gasteiger partial charge in [-0.1, -0.05) is 54.6 Å². The third-order valence-corrected chi connectivity index (χ3v) is 4.83. The van der Waals surface area contributed by atoms with E-state index in [2.05, 4.69) is 4.72 Å². The Balaban J connectivity index is 2.02. The number of methoxy groups -OCH3 is 1. The minimum absolute atomic E-state index is 0.0297. The first-order valence-electron chi connectivity index (χ1n) is 7.11. The van der Waals surface area contributed by atoms with Crippen LogP contribution < -0.4 is 4.72 Å². The number of hydrogen-bond acceptors (Lipinski definition) is 3. The maximum absolute atomic E-state index is 12.2. The molecule has 118 valence electrons. The van der Waals surface area contributed by atoms with Gasteiger partial charge in [-0.15, -0.1) is 0 Å². The molecule has 0 heterocycles. The molecule has 0 aliphatic carbocycles. The molecule has 0 amide bonds. The molecule has 0 saturated heterocycles. The van der Waals surface area contributed by atoms with Crippen LogP contribution in [0.4, 0.5) is 0 Å². The van der Waals surface area contributed by atoms with Crippen molar-refractivity contribution in [1.29, 1.82) is 0 Å². The van der Waals surface area contributed by atoms with Crippen LogP contribution in [0.3, 0.4) is 0 Å². The Hall–Kier alpha value is -1.69. The minimum Gasteiger partial charge on any atom is -0.375 e. The van der Waals surface area contributed by atoms with Gasteiger partial charge in [0.05, 0.1) is 11.9 Å². The average molecular weight is 319 g/mol. The second-order valence-corrected chi connectivity index (χ2v) is 6.98. The summed E-state index contributed by atoms with van der Waals surface area (Å²) >= 11 is 0. The number of sulfonamides is 1. The lowest BCUT2D eigenvalue weighted by Crippen LogP contribution is -2.30. The monoisotopic (exact) mass is 319 g/mol. The first kappa shape index (κ1) is 16.7. The van der Waals surface area contributed by atoms with E-state index < -0.39 is 10.0 Å². The van der Waals surface area contributed by atoms with Crippen molar-refractivity contribution in [3.05, 3.63) is 71.3 Å². The van der Waals surface area contributed by atoms with Gasteiger partial charge in [0.1, 0.15) is 0 Å². The zero-order chi connectivity index (χ0) is 16.0. The van der Waals surface area contributed by atoms with Gasteiger partial charge in [0.15, 0.2) is 0 Å². The predicted octanol–water partition coefficient (Wildman–Crippen LogP) is 2.80. The zero-order valence-electron chi connectivity index (χ0n) is 12.8. The summed E-state index contributed by atoms with van der Waals surface area (Å²) in [6, 6.07) is 16.9. The quantitative estimate of drug-likeness (QED) is 0.854. The topological polar surface area (TPSA) is 55.4 Å². The predicted molar refractivity (Wildman–Crippen MR) is 88.0 cm³/mol. The van der Waals surface area contributed by atoms with Gasteiger partial charge in [-0.3, -0.25) is 0 Å². The normalized spacial score (nSPS) is 13.0.